The SMILES string of the molecule is CC(C)(S)C(=O)ON1C(=O)CCC1=O. The monoisotopic (exact) mass is 217 g/mol. The molecule has 0 spiro atoms. The Balaban J connectivity index is 2.65. The van der Waals surface area contributed by atoms with Gasteiger partial charge in [0.15, 0.2) is 0 Å². The lowest BCUT2D eigenvalue weighted by atomic mass is 10.2. The normalized spacial score (nSPS) is 17.5. The van der Waals surface area contributed by atoms with Crippen molar-refractivity contribution in [3.63, 3.8) is 0 Å². The second-order valence-corrected chi connectivity index (χ2v) is 4.64. The summed E-state index contributed by atoms with van der Waals surface area (Å²) in [5, 5.41) is 0.514. The quantitative estimate of drug-likeness (QED) is 0.534. The van der Waals surface area contributed by atoms with Crippen molar-refractivity contribution in [3.8, 4) is 0 Å². The van der Waals surface area contributed by atoms with E-state index in [2.05, 4.69) is 17.5 Å². The van der Waals surface area contributed by atoms with Crippen LogP contribution < -0.4 is 0 Å². The molecule has 1 rings (SSSR count). The number of imide groups is 1. The van der Waals surface area contributed by atoms with Gasteiger partial charge in [-0.1, -0.05) is 0 Å². The summed E-state index contributed by atoms with van der Waals surface area (Å²) in [5.41, 5.74) is 0. The molecule has 6 heteroatoms. The molecule has 0 atom stereocenters. The van der Waals surface area contributed by atoms with Gasteiger partial charge in [-0.2, -0.15) is 12.6 Å². The number of hydrogen-bond donors (Lipinski definition) is 1. The van der Waals surface area contributed by atoms with Crippen molar-refractivity contribution in [3.05, 3.63) is 0 Å². The van der Waals surface area contributed by atoms with E-state index in [1.165, 1.54) is 13.8 Å². The molecule has 0 bridgehead atoms. The molecule has 0 unspecified atom stereocenters. The van der Waals surface area contributed by atoms with E-state index in [-0.39, 0.29) is 12.8 Å². The average molecular weight is 217 g/mol. The number of amides is 2. The maximum Gasteiger partial charge on any atom is 0.348 e. The minimum atomic E-state index is -1.02. The summed E-state index contributed by atoms with van der Waals surface area (Å²) in [6.07, 6.45) is 0.193. The Morgan fingerprint density at radius 2 is 1.79 bits per heavy atom. The highest BCUT2D eigenvalue weighted by molar-refractivity contribution is 7.82. The predicted molar refractivity (Wildman–Crippen MR) is 50.2 cm³/mol. The molecule has 1 saturated heterocycles. The van der Waals surface area contributed by atoms with Gasteiger partial charge in [0, 0.05) is 12.8 Å². The molecule has 0 aliphatic carbocycles. The Hall–Kier alpha value is -1.04. The van der Waals surface area contributed by atoms with Gasteiger partial charge in [0.1, 0.15) is 4.75 Å². The van der Waals surface area contributed by atoms with E-state index in [4.69, 9.17) is 0 Å². The Morgan fingerprint density at radius 1 is 1.36 bits per heavy atom. The van der Waals surface area contributed by atoms with E-state index in [0.717, 1.165) is 0 Å². The summed E-state index contributed by atoms with van der Waals surface area (Å²) >= 11 is 3.96. The zero-order chi connectivity index (χ0) is 10.9. The third kappa shape index (κ3) is 2.25. The molecule has 5 nitrogen and oxygen atoms in total. The Bertz CT molecular complexity index is 278. The number of carbonyl (C=O) groups excluding carboxylic acids is 3. The first-order chi connectivity index (χ1) is 6.32. The molecule has 1 heterocycles. The molecule has 1 fully saturated rings. The zero-order valence-electron chi connectivity index (χ0n) is 7.94. The van der Waals surface area contributed by atoms with Crippen LogP contribution in [0, 0.1) is 0 Å². The van der Waals surface area contributed by atoms with Gasteiger partial charge in [-0.3, -0.25) is 9.59 Å². The van der Waals surface area contributed by atoms with Gasteiger partial charge in [0.05, 0.1) is 0 Å². The van der Waals surface area contributed by atoms with Crippen LogP contribution in [0.25, 0.3) is 0 Å². The molecule has 0 aromatic rings. The molecule has 1 aliphatic rings. The topological polar surface area (TPSA) is 63.7 Å². The largest absolute Gasteiger partial charge is 0.348 e. The lowest BCUT2D eigenvalue weighted by Gasteiger charge is -2.19. The van der Waals surface area contributed by atoms with Crippen molar-refractivity contribution in [1.82, 2.24) is 5.06 Å². The first-order valence-electron chi connectivity index (χ1n) is 4.13. The van der Waals surface area contributed by atoms with Crippen molar-refractivity contribution in [1.29, 1.82) is 0 Å². The van der Waals surface area contributed by atoms with Crippen LogP contribution in [0.5, 0.6) is 0 Å². The standard InChI is InChI=1S/C8H11NO4S/c1-8(2,14)7(12)13-9-5(10)3-4-6(9)11/h14H,3-4H2,1-2H3. The fourth-order valence-electron chi connectivity index (χ4n) is 0.852. The molecule has 0 N–H and O–H groups in total. The molecule has 0 aromatic carbocycles. The highest BCUT2D eigenvalue weighted by Crippen LogP contribution is 2.18. The van der Waals surface area contributed by atoms with Crippen LogP contribution in [-0.2, 0) is 19.2 Å². The zero-order valence-corrected chi connectivity index (χ0v) is 8.84. The van der Waals surface area contributed by atoms with E-state index in [9.17, 15) is 14.4 Å². The number of rotatable bonds is 2. The molecule has 14 heavy (non-hydrogen) atoms. The fraction of sp³-hybridized carbons (Fsp3) is 0.625. The number of hydroxylamine groups is 2. The van der Waals surface area contributed by atoms with Gasteiger partial charge in [-0.05, 0) is 13.8 Å². The molecular formula is C8H11NO4S. The number of nitrogens with zero attached hydrogens (tertiary/aromatic N) is 1. The molecule has 0 aromatic heterocycles. The van der Waals surface area contributed by atoms with E-state index in [0.29, 0.717) is 5.06 Å². The first kappa shape index (κ1) is 11.0. The molecule has 0 saturated carbocycles. The second-order valence-electron chi connectivity index (χ2n) is 3.52. The minimum Gasteiger partial charge on any atom is -0.329 e. The first-order valence-corrected chi connectivity index (χ1v) is 4.57. The fourth-order valence-corrected chi connectivity index (χ4v) is 0.893. The van der Waals surface area contributed by atoms with Crippen molar-refractivity contribution >= 4 is 30.4 Å². The Kier molecular flexibility index (Phi) is 2.84. The van der Waals surface area contributed by atoms with Crippen LogP contribution in [0.15, 0.2) is 0 Å². The maximum absolute atomic E-state index is 11.3. The van der Waals surface area contributed by atoms with Gasteiger partial charge in [-0.25, -0.2) is 4.79 Å². The lowest BCUT2D eigenvalue weighted by molar-refractivity contribution is -0.198. The number of carbonyl (C=O) groups is 3. The molecule has 1 aliphatic heterocycles. The van der Waals surface area contributed by atoms with E-state index in [1.807, 2.05) is 0 Å². The highest BCUT2D eigenvalue weighted by atomic mass is 32.1. The highest BCUT2D eigenvalue weighted by Gasteiger charge is 2.36. The van der Waals surface area contributed by atoms with Gasteiger partial charge < -0.3 is 4.84 Å². The summed E-state index contributed by atoms with van der Waals surface area (Å²) in [7, 11) is 0. The van der Waals surface area contributed by atoms with Crippen LogP contribution in [-0.4, -0.2) is 27.6 Å². The predicted octanol–water partition coefficient (Wildman–Crippen LogP) is 0.302. The summed E-state index contributed by atoms with van der Waals surface area (Å²) in [4.78, 5) is 38.0. The van der Waals surface area contributed by atoms with Gasteiger partial charge in [0.25, 0.3) is 11.8 Å². The number of hydrogen-bond acceptors (Lipinski definition) is 5. The van der Waals surface area contributed by atoms with E-state index < -0.39 is 22.5 Å². The summed E-state index contributed by atoms with van der Waals surface area (Å²) < 4.78 is -1.02. The average Bonchev–Trinajstić information content (AvgIpc) is 2.34. The van der Waals surface area contributed by atoms with Crippen LogP contribution in [0.3, 0.4) is 0 Å². The van der Waals surface area contributed by atoms with E-state index in [1.54, 1.807) is 0 Å². The smallest absolute Gasteiger partial charge is 0.329 e. The van der Waals surface area contributed by atoms with Crippen molar-refractivity contribution in [2.45, 2.75) is 31.4 Å². The van der Waals surface area contributed by atoms with Gasteiger partial charge in [-0.15, -0.1) is 5.06 Å². The molecule has 0 radical (unpaired) electrons. The Labute approximate surface area is 86.8 Å². The number of thiol groups is 1. The molecular weight excluding hydrogens is 206 g/mol. The summed E-state index contributed by atoms with van der Waals surface area (Å²) in [5.74, 6) is -1.69. The Morgan fingerprint density at radius 3 is 2.14 bits per heavy atom. The van der Waals surface area contributed by atoms with Crippen LogP contribution in [0.2, 0.25) is 0 Å². The van der Waals surface area contributed by atoms with Crippen molar-refractivity contribution in [2.75, 3.05) is 0 Å². The van der Waals surface area contributed by atoms with Crippen LogP contribution in [0.1, 0.15) is 26.7 Å². The van der Waals surface area contributed by atoms with Crippen LogP contribution >= 0.6 is 12.6 Å². The summed E-state index contributed by atoms with van der Waals surface area (Å²) in [6.45, 7) is 3.03. The second kappa shape index (κ2) is 3.61. The molecule has 2 amide bonds. The van der Waals surface area contributed by atoms with E-state index >= 15 is 0 Å². The summed E-state index contributed by atoms with van der Waals surface area (Å²) in [6, 6.07) is 0. The van der Waals surface area contributed by atoms with Crippen LogP contribution in [0.4, 0.5) is 0 Å². The van der Waals surface area contributed by atoms with Gasteiger partial charge >= 0.3 is 5.97 Å². The third-order valence-electron chi connectivity index (χ3n) is 1.68. The van der Waals surface area contributed by atoms with Crippen molar-refractivity contribution < 1.29 is 19.2 Å². The third-order valence-corrected chi connectivity index (χ3v) is 1.86. The lowest BCUT2D eigenvalue weighted by Crippen LogP contribution is -2.38. The minimum absolute atomic E-state index is 0.0963. The van der Waals surface area contributed by atoms with Crippen molar-refractivity contribution in [2.24, 2.45) is 0 Å². The van der Waals surface area contributed by atoms with Gasteiger partial charge in [0.2, 0.25) is 0 Å². The molecule has 78 valence electrons. The maximum atomic E-state index is 11.3.